The highest BCUT2D eigenvalue weighted by atomic mass is 15.2. The van der Waals surface area contributed by atoms with Gasteiger partial charge >= 0.3 is 0 Å². The summed E-state index contributed by atoms with van der Waals surface area (Å²) in [7, 11) is 0. The Morgan fingerprint density at radius 2 is 2.28 bits per heavy atom. The number of piperidine rings is 1. The Morgan fingerprint density at radius 3 is 2.94 bits per heavy atom. The second-order valence-corrected chi connectivity index (χ2v) is 5.56. The quantitative estimate of drug-likeness (QED) is 0.879. The van der Waals surface area contributed by atoms with Crippen LogP contribution in [0.2, 0.25) is 0 Å². The molecule has 0 radical (unpaired) electrons. The molecule has 0 bridgehead atoms. The van der Waals surface area contributed by atoms with Gasteiger partial charge in [0.1, 0.15) is 11.6 Å². The summed E-state index contributed by atoms with van der Waals surface area (Å²) in [5.41, 5.74) is 0. The fraction of sp³-hybridized carbons (Fsp3) is 0.714. The van der Waals surface area contributed by atoms with Gasteiger partial charge in [0.15, 0.2) is 0 Å². The molecule has 1 saturated heterocycles. The van der Waals surface area contributed by atoms with Crippen LogP contribution in [0.3, 0.4) is 0 Å². The van der Waals surface area contributed by atoms with E-state index < -0.39 is 0 Å². The molecule has 1 aliphatic carbocycles. The van der Waals surface area contributed by atoms with Gasteiger partial charge in [-0.05, 0) is 57.7 Å². The van der Waals surface area contributed by atoms with E-state index >= 15 is 0 Å². The third-order valence-electron chi connectivity index (χ3n) is 3.90. The van der Waals surface area contributed by atoms with Crippen LogP contribution in [0.15, 0.2) is 12.3 Å². The number of nitrogens with one attached hydrogen (secondary N) is 1. The fourth-order valence-electron chi connectivity index (χ4n) is 2.78. The van der Waals surface area contributed by atoms with Crippen LogP contribution in [0, 0.1) is 12.8 Å². The number of rotatable bonds is 4. The van der Waals surface area contributed by atoms with Crippen LogP contribution in [0.5, 0.6) is 0 Å². The van der Waals surface area contributed by atoms with Crippen LogP contribution < -0.4 is 10.2 Å². The summed E-state index contributed by atoms with van der Waals surface area (Å²) in [5.74, 6) is 2.77. The van der Waals surface area contributed by atoms with Gasteiger partial charge in [0.25, 0.3) is 0 Å². The molecule has 1 aromatic heterocycles. The predicted octanol–water partition coefficient (Wildman–Crippen LogP) is 1.75. The lowest BCUT2D eigenvalue weighted by atomic mass is 9.99. The molecular weight excluding hydrogens is 224 g/mol. The van der Waals surface area contributed by atoms with Gasteiger partial charge in [-0.15, -0.1) is 0 Å². The van der Waals surface area contributed by atoms with Crippen LogP contribution in [-0.4, -0.2) is 35.6 Å². The summed E-state index contributed by atoms with van der Waals surface area (Å²) in [4.78, 5) is 11.3. The van der Waals surface area contributed by atoms with Crippen molar-refractivity contribution >= 4 is 5.82 Å². The van der Waals surface area contributed by atoms with Crippen molar-refractivity contribution in [3.8, 4) is 0 Å². The van der Waals surface area contributed by atoms with E-state index in [2.05, 4.69) is 26.3 Å². The van der Waals surface area contributed by atoms with E-state index in [-0.39, 0.29) is 0 Å². The van der Waals surface area contributed by atoms with Gasteiger partial charge in [-0.1, -0.05) is 0 Å². The molecule has 1 unspecified atom stereocenters. The number of hydrogen-bond donors (Lipinski definition) is 1. The normalized spacial score (nSPS) is 23.9. The van der Waals surface area contributed by atoms with E-state index in [0.717, 1.165) is 36.7 Å². The number of anilines is 1. The molecule has 0 amide bonds. The van der Waals surface area contributed by atoms with E-state index in [9.17, 15) is 0 Å². The molecule has 4 nitrogen and oxygen atoms in total. The Hall–Kier alpha value is -1.16. The van der Waals surface area contributed by atoms with Crippen molar-refractivity contribution in [3.05, 3.63) is 18.1 Å². The molecule has 1 atom stereocenters. The first-order chi connectivity index (χ1) is 8.83. The Morgan fingerprint density at radius 1 is 1.39 bits per heavy atom. The molecule has 4 heteroatoms. The molecule has 1 aliphatic heterocycles. The summed E-state index contributed by atoms with van der Waals surface area (Å²) in [6, 6.07) is 2.78. The van der Waals surface area contributed by atoms with Crippen molar-refractivity contribution in [3.63, 3.8) is 0 Å². The summed E-state index contributed by atoms with van der Waals surface area (Å²) >= 11 is 0. The average molecular weight is 246 g/mol. The largest absolute Gasteiger partial charge is 0.353 e. The van der Waals surface area contributed by atoms with Gasteiger partial charge in [-0.25, -0.2) is 9.97 Å². The van der Waals surface area contributed by atoms with Gasteiger partial charge in [0.05, 0.1) is 0 Å². The summed E-state index contributed by atoms with van der Waals surface area (Å²) < 4.78 is 0. The lowest BCUT2D eigenvalue weighted by Crippen LogP contribution is -2.39. The van der Waals surface area contributed by atoms with Crippen molar-refractivity contribution in [1.82, 2.24) is 15.3 Å². The van der Waals surface area contributed by atoms with Crippen molar-refractivity contribution in [2.24, 2.45) is 5.92 Å². The second-order valence-electron chi connectivity index (χ2n) is 5.56. The first kappa shape index (κ1) is 11.9. The molecule has 1 saturated carbocycles. The van der Waals surface area contributed by atoms with Gasteiger partial charge < -0.3 is 10.2 Å². The van der Waals surface area contributed by atoms with E-state index in [1.54, 1.807) is 0 Å². The van der Waals surface area contributed by atoms with Crippen LogP contribution in [0.1, 0.15) is 31.5 Å². The SMILES string of the molecule is Cc1nccc(N(CC2CCCNC2)C2CC2)n1. The maximum absolute atomic E-state index is 4.59. The molecule has 2 heterocycles. The maximum atomic E-state index is 4.59. The van der Waals surface area contributed by atoms with Crippen LogP contribution in [0.25, 0.3) is 0 Å². The molecule has 18 heavy (non-hydrogen) atoms. The Labute approximate surface area is 109 Å². The minimum absolute atomic E-state index is 0.723. The molecular formula is C14H22N4. The van der Waals surface area contributed by atoms with Gasteiger partial charge in [0.2, 0.25) is 0 Å². The maximum Gasteiger partial charge on any atom is 0.132 e. The van der Waals surface area contributed by atoms with Gasteiger partial charge in [-0.2, -0.15) is 0 Å². The molecule has 1 N–H and O–H groups in total. The number of hydrogen-bond acceptors (Lipinski definition) is 4. The fourth-order valence-corrected chi connectivity index (χ4v) is 2.78. The minimum atomic E-state index is 0.723. The summed E-state index contributed by atoms with van der Waals surface area (Å²) in [6.07, 6.45) is 7.19. The van der Waals surface area contributed by atoms with Crippen LogP contribution in [0.4, 0.5) is 5.82 Å². The van der Waals surface area contributed by atoms with Crippen molar-refractivity contribution in [1.29, 1.82) is 0 Å². The van der Waals surface area contributed by atoms with Gasteiger partial charge in [0, 0.05) is 18.8 Å². The minimum Gasteiger partial charge on any atom is -0.353 e. The third kappa shape index (κ3) is 2.80. The molecule has 2 aliphatic rings. The summed E-state index contributed by atoms with van der Waals surface area (Å²) in [5, 5.41) is 3.50. The predicted molar refractivity (Wildman–Crippen MR) is 72.7 cm³/mol. The molecule has 1 aromatic rings. The van der Waals surface area contributed by atoms with E-state index in [1.165, 1.54) is 32.2 Å². The highest BCUT2D eigenvalue weighted by Gasteiger charge is 2.31. The van der Waals surface area contributed by atoms with Gasteiger partial charge in [-0.3, -0.25) is 0 Å². The Kier molecular flexibility index (Phi) is 3.46. The van der Waals surface area contributed by atoms with Crippen molar-refractivity contribution in [2.45, 2.75) is 38.6 Å². The molecule has 98 valence electrons. The molecule has 3 rings (SSSR count). The zero-order valence-corrected chi connectivity index (χ0v) is 11.1. The molecule has 2 fully saturated rings. The lowest BCUT2D eigenvalue weighted by molar-refractivity contribution is 0.375. The van der Waals surface area contributed by atoms with E-state index in [1.807, 2.05) is 13.1 Å². The third-order valence-corrected chi connectivity index (χ3v) is 3.90. The topological polar surface area (TPSA) is 41.1 Å². The van der Waals surface area contributed by atoms with Crippen molar-refractivity contribution in [2.75, 3.05) is 24.5 Å². The standard InChI is InChI=1S/C14H22N4/c1-11-16-8-6-14(17-11)18(13-4-5-13)10-12-3-2-7-15-9-12/h6,8,12-13,15H,2-5,7,9-10H2,1H3. The molecule has 0 aromatic carbocycles. The first-order valence-electron chi connectivity index (χ1n) is 7.10. The highest BCUT2D eigenvalue weighted by Crippen LogP contribution is 2.31. The second kappa shape index (κ2) is 5.22. The smallest absolute Gasteiger partial charge is 0.132 e. The zero-order chi connectivity index (χ0) is 12.4. The van der Waals surface area contributed by atoms with Crippen LogP contribution >= 0.6 is 0 Å². The van der Waals surface area contributed by atoms with E-state index in [0.29, 0.717) is 0 Å². The first-order valence-corrected chi connectivity index (χ1v) is 7.10. The lowest BCUT2D eigenvalue weighted by Gasteiger charge is -2.31. The van der Waals surface area contributed by atoms with Crippen LogP contribution in [-0.2, 0) is 0 Å². The Bertz CT molecular complexity index is 397. The number of aryl methyl sites for hydroxylation is 1. The zero-order valence-electron chi connectivity index (χ0n) is 11.1. The highest BCUT2D eigenvalue weighted by molar-refractivity contribution is 5.40. The monoisotopic (exact) mass is 246 g/mol. The number of aromatic nitrogens is 2. The van der Waals surface area contributed by atoms with Crippen molar-refractivity contribution < 1.29 is 0 Å². The average Bonchev–Trinajstić information content (AvgIpc) is 3.21. The summed E-state index contributed by atoms with van der Waals surface area (Å²) in [6.45, 7) is 5.46. The molecule has 0 spiro atoms. The van der Waals surface area contributed by atoms with E-state index in [4.69, 9.17) is 0 Å². The Balaban J connectivity index is 1.71. The number of nitrogens with zero attached hydrogens (tertiary/aromatic N) is 3.